The number of carbonyl (C=O) groups is 2. The molecule has 0 spiro atoms. The minimum Gasteiger partial charge on any atom is -0.493 e. The van der Waals surface area contributed by atoms with Crippen molar-refractivity contribution >= 4 is 94.7 Å². The number of halogens is 2. The number of benzene rings is 4. The van der Waals surface area contributed by atoms with Crippen LogP contribution in [0.2, 0.25) is 10.3 Å². The molecule has 0 saturated heterocycles. The van der Waals surface area contributed by atoms with Crippen LogP contribution in [-0.2, 0) is 20.2 Å². The van der Waals surface area contributed by atoms with Crippen molar-refractivity contribution < 1.29 is 40.6 Å². The Morgan fingerprint density at radius 1 is 0.816 bits per heavy atom. The van der Waals surface area contributed by atoms with E-state index in [9.17, 15) is 40.6 Å². The van der Waals surface area contributed by atoms with Crippen molar-refractivity contribution in [2.24, 2.45) is 4.99 Å². The molecule has 5 aromatic rings. The van der Waals surface area contributed by atoms with Crippen LogP contribution < -0.4 is 11.1 Å². The number of carbonyl (C=O) groups excluding carboxylic acids is 2. The molecule has 1 aliphatic rings. The summed E-state index contributed by atoms with van der Waals surface area (Å²) in [6, 6.07) is 11.9. The third-order valence-corrected chi connectivity index (χ3v) is 10.2. The maximum atomic E-state index is 13.8. The van der Waals surface area contributed by atoms with Crippen LogP contribution in [0.5, 0.6) is 0 Å². The molecule has 14 nitrogen and oxygen atoms in total. The summed E-state index contributed by atoms with van der Waals surface area (Å²) in [5.74, 6) is -2.18. The fourth-order valence-electron chi connectivity index (χ4n) is 5.53. The zero-order chi connectivity index (χ0) is 35.7. The van der Waals surface area contributed by atoms with E-state index in [1.54, 1.807) is 0 Å². The van der Waals surface area contributed by atoms with Crippen LogP contribution in [-0.4, -0.2) is 58.5 Å². The van der Waals surface area contributed by atoms with Crippen LogP contribution in [0.15, 0.2) is 69.4 Å². The van der Waals surface area contributed by atoms with Crippen LogP contribution in [0.25, 0.3) is 11.0 Å². The molecule has 1 aliphatic carbocycles. The molecule has 4 aromatic carbocycles. The van der Waals surface area contributed by atoms with Crippen LogP contribution >= 0.6 is 23.2 Å². The first-order valence-corrected chi connectivity index (χ1v) is 17.4. The Labute approximate surface area is 287 Å². The summed E-state index contributed by atoms with van der Waals surface area (Å²) in [5.41, 5.74) is 4.66. The summed E-state index contributed by atoms with van der Waals surface area (Å²) in [6.45, 7) is 2.81. The number of aliphatic hydroxyl groups excluding tert-OH is 1. The van der Waals surface area contributed by atoms with Crippen LogP contribution in [0.1, 0.15) is 48.5 Å². The number of anilines is 3. The van der Waals surface area contributed by atoms with Gasteiger partial charge in [0.1, 0.15) is 9.79 Å². The van der Waals surface area contributed by atoms with Crippen LogP contribution in [0.3, 0.4) is 0 Å². The van der Waals surface area contributed by atoms with Gasteiger partial charge >= 0.3 is 0 Å². The number of aliphatic imine (C=N–C) groups is 1. The van der Waals surface area contributed by atoms with Gasteiger partial charge in [0.25, 0.3) is 20.2 Å². The Bertz CT molecular complexity index is 2590. The molecule has 1 heterocycles. The number of rotatable bonds is 6. The zero-order valence-corrected chi connectivity index (χ0v) is 28.1. The van der Waals surface area contributed by atoms with Crippen molar-refractivity contribution in [1.29, 1.82) is 0 Å². The standard InChI is InChI=1S/C31H21Cl2N5O9S2/c1-12-9-21(49(45,46)47)26(38-31(41)14-7-8-17-18(10-14)37-30(33)29(32)36-17)13(2)25(12)35-19-11-20(48(42,43)44)24(34)23-22(19)27(39)15-5-3-4-6-16(15)28(23)40/h3-11,35H,34H2,1-2H3,(H,38,41)(H,42,43,44)(H,45,46,47). The van der Waals surface area contributed by atoms with Crippen LogP contribution in [0.4, 0.5) is 22.7 Å². The largest absolute Gasteiger partial charge is 0.493 e. The molecule has 250 valence electrons. The van der Waals surface area contributed by atoms with E-state index in [4.69, 9.17) is 28.9 Å². The van der Waals surface area contributed by atoms with E-state index in [-0.39, 0.29) is 60.6 Å². The van der Waals surface area contributed by atoms with Crippen LogP contribution in [0, 0.1) is 13.8 Å². The maximum Gasteiger partial charge on any atom is 0.296 e. The molecular weight excluding hydrogens is 721 g/mol. The van der Waals surface area contributed by atoms with Gasteiger partial charge in [0.05, 0.1) is 39.2 Å². The van der Waals surface area contributed by atoms with Gasteiger partial charge in [-0.3, -0.25) is 18.7 Å². The molecule has 0 atom stereocenters. The first-order valence-electron chi connectivity index (χ1n) is 13.8. The molecule has 0 amide bonds. The second-order valence-electron chi connectivity index (χ2n) is 10.8. The normalized spacial score (nSPS) is 13.4. The number of aryl methyl sites for hydroxylation is 1. The molecule has 0 radical (unpaired) electrons. The predicted octanol–water partition coefficient (Wildman–Crippen LogP) is 5.78. The van der Waals surface area contributed by atoms with Crippen molar-refractivity contribution in [3.63, 3.8) is 0 Å². The van der Waals surface area contributed by atoms with E-state index in [1.807, 2.05) is 0 Å². The minimum atomic E-state index is -5.04. The number of hydrogen-bond donors (Lipinski definition) is 5. The Morgan fingerprint density at radius 3 is 1.98 bits per heavy atom. The summed E-state index contributed by atoms with van der Waals surface area (Å²) >= 11 is 11.9. The number of nitrogens with zero attached hydrogens (tertiary/aromatic N) is 3. The Morgan fingerprint density at radius 2 is 1.39 bits per heavy atom. The first-order chi connectivity index (χ1) is 22.9. The lowest BCUT2D eigenvalue weighted by molar-refractivity contribution is 0.0980. The number of hydrogen-bond acceptors (Lipinski definition) is 11. The lowest BCUT2D eigenvalue weighted by atomic mass is 9.82. The third-order valence-electron chi connectivity index (χ3n) is 7.78. The number of aliphatic hydroxyl groups is 1. The number of nitrogens with one attached hydrogen (secondary N) is 1. The molecule has 6 N–H and O–H groups in total. The average Bonchev–Trinajstić information content (AvgIpc) is 3.02. The average molecular weight is 743 g/mol. The predicted molar refractivity (Wildman–Crippen MR) is 181 cm³/mol. The second-order valence-corrected chi connectivity index (χ2v) is 14.3. The fraction of sp³-hybridized carbons (Fsp3) is 0.0645. The molecule has 1 aromatic heterocycles. The Balaban J connectivity index is 1.57. The first kappa shape index (κ1) is 33.9. The molecule has 6 rings (SSSR count). The SMILES string of the molecule is Cc1cc(S(=O)(=O)O)c(N=C(O)c2ccc3nc(Cl)c(Cl)nc3c2)c(C)c1Nc1cc(S(=O)(=O)O)c(N)c2c1C(=O)c1ccccc1C2=O. The molecule has 0 bridgehead atoms. The van der Waals surface area contributed by atoms with Gasteiger partial charge in [-0.15, -0.1) is 0 Å². The van der Waals surface area contributed by atoms with Gasteiger partial charge in [0.2, 0.25) is 5.90 Å². The van der Waals surface area contributed by atoms with Gasteiger partial charge in [-0.2, -0.15) is 16.8 Å². The molecule has 0 aliphatic heterocycles. The highest BCUT2D eigenvalue weighted by atomic mass is 35.5. The van der Waals surface area contributed by atoms with Gasteiger partial charge in [0.15, 0.2) is 21.9 Å². The topological polar surface area (TPSA) is 239 Å². The smallest absolute Gasteiger partial charge is 0.296 e. The molecule has 49 heavy (non-hydrogen) atoms. The van der Waals surface area contributed by atoms with Crippen molar-refractivity contribution in [2.45, 2.75) is 23.6 Å². The monoisotopic (exact) mass is 741 g/mol. The number of fused-ring (bicyclic) bond motifs is 3. The number of nitrogens with two attached hydrogens (primary N) is 1. The maximum absolute atomic E-state index is 13.8. The summed E-state index contributed by atoms with van der Waals surface area (Å²) in [6.07, 6.45) is 0. The van der Waals surface area contributed by atoms with Gasteiger partial charge in [-0.1, -0.05) is 47.5 Å². The van der Waals surface area contributed by atoms with Crippen molar-refractivity contribution in [3.8, 4) is 0 Å². The summed E-state index contributed by atoms with van der Waals surface area (Å²) in [7, 11) is -10.0. The highest BCUT2D eigenvalue weighted by molar-refractivity contribution is 7.86. The molecule has 0 unspecified atom stereocenters. The fourth-order valence-corrected chi connectivity index (χ4v) is 7.21. The molecule has 0 fully saturated rings. The van der Waals surface area contributed by atoms with Gasteiger partial charge in [0, 0.05) is 22.4 Å². The quantitative estimate of drug-likeness (QED) is 0.0589. The van der Waals surface area contributed by atoms with E-state index in [0.717, 1.165) is 12.1 Å². The number of aromatic nitrogens is 2. The zero-order valence-electron chi connectivity index (χ0n) is 25.0. The van der Waals surface area contributed by atoms with E-state index in [0.29, 0.717) is 5.52 Å². The van der Waals surface area contributed by atoms with E-state index in [1.165, 1.54) is 56.3 Å². The molecule has 0 saturated carbocycles. The molecular formula is C31H21Cl2N5O9S2. The number of ketones is 2. The molecule has 18 heteroatoms. The van der Waals surface area contributed by atoms with E-state index in [2.05, 4.69) is 20.3 Å². The van der Waals surface area contributed by atoms with Crippen molar-refractivity contribution in [3.05, 3.63) is 104 Å². The van der Waals surface area contributed by atoms with E-state index < -0.39 is 64.4 Å². The van der Waals surface area contributed by atoms with Gasteiger partial charge < -0.3 is 16.2 Å². The third kappa shape index (κ3) is 5.88. The lowest BCUT2D eigenvalue weighted by Gasteiger charge is -2.25. The highest BCUT2D eigenvalue weighted by Gasteiger charge is 2.37. The Kier molecular flexibility index (Phi) is 8.21. The van der Waals surface area contributed by atoms with Crippen molar-refractivity contribution in [2.75, 3.05) is 11.1 Å². The minimum absolute atomic E-state index is 0.0102. The summed E-state index contributed by atoms with van der Waals surface area (Å²) in [5, 5.41) is 13.8. The second kappa shape index (κ2) is 11.9. The lowest BCUT2D eigenvalue weighted by Crippen LogP contribution is -2.25. The summed E-state index contributed by atoms with van der Waals surface area (Å²) < 4.78 is 69.9. The van der Waals surface area contributed by atoms with Gasteiger partial charge in [-0.05, 0) is 55.3 Å². The Hall–Kier alpha value is -4.97. The van der Waals surface area contributed by atoms with E-state index >= 15 is 0 Å². The van der Waals surface area contributed by atoms with Gasteiger partial charge in [-0.25, -0.2) is 15.0 Å². The number of nitrogen functional groups attached to an aromatic ring is 1. The highest BCUT2D eigenvalue weighted by Crippen LogP contribution is 2.43. The van der Waals surface area contributed by atoms with Crippen molar-refractivity contribution in [1.82, 2.24) is 9.97 Å². The summed E-state index contributed by atoms with van der Waals surface area (Å²) in [4.78, 5) is 38.1.